The van der Waals surface area contributed by atoms with Crippen LogP contribution in [0.25, 0.3) is 11.3 Å². The highest BCUT2D eigenvalue weighted by Gasteiger charge is 2.35. The summed E-state index contributed by atoms with van der Waals surface area (Å²) in [6.45, 7) is 6.27. The smallest absolute Gasteiger partial charge is 0.429 e. The van der Waals surface area contributed by atoms with Crippen LogP contribution >= 0.6 is 0 Å². The minimum atomic E-state index is -0.784. The first-order chi connectivity index (χ1) is 17.7. The molecule has 1 aromatic heterocycles. The van der Waals surface area contributed by atoms with E-state index in [1.807, 2.05) is 36.4 Å². The summed E-state index contributed by atoms with van der Waals surface area (Å²) in [6, 6.07) is 13.0. The molecule has 0 saturated heterocycles. The second-order valence-corrected chi connectivity index (χ2v) is 9.90. The lowest BCUT2D eigenvalue weighted by Gasteiger charge is -2.35. The maximum Gasteiger partial charge on any atom is 0.429 e. The van der Waals surface area contributed by atoms with Crippen molar-refractivity contribution in [1.29, 1.82) is 0 Å². The monoisotopic (exact) mass is 504 g/mol. The fraction of sp³-hybridized carbons (Fsp3) is 0.321. The summed E-state index contributed by atoms with van der Waals surface area (Å²) in [5, 5.41) is 1.36. The van der Waals surface area contributed by atoms with Crippen LogP contribution in [0.3, 0.4) is 0 Å². The van der Waals surface area contributed by atoms with Crippen LogP contribution < -0.4 is 19.9 Å². The number of fused-ring (bicyclic) bond motifs is 5. The Morgan fingerprint density at radius 3 is 2.57 bits per heavy atom. The van der Waals surface area contributed by atoms with Crippen molar-refractivity contribution in [3.05, 3.63) is 81.1 Å². The highest BCUT2D eigenvalue weighted by atomic mass is 16.6. The van der Waals surface area contributed by atoms with Crippen molar-refractivity contribution in [2.24, 2.45) is 0 Å². The number of amides is 1. The molecule has 0 saturated carbocycles. The van der Waals surface area contributed by atoms with Gasteiger partial charge in [-0.3, -0.25) is 9.47 Å². The number of nitrogens with zero attached hydrogens (tertiary/aromatic N) is 2. The summed E-state index contributed by atoms with van der Waals surface area (Å²) in [5.41, 5.74) is 2.48. The van der Waals surface area contributed by atoms with E-state index >= 15 is 0 Å². The van der Waals surface area contributed by atoms with Crippen molar-refractivity contribution < 1.29 is 28.5 Å². The third-order valence-corrected chi connectivity index (χ3v) is 6.14. The summed E-state index contributed by atoms with van der Waals surface area (Å²) < 4.78 is 24.0. The number of methoxy groups -OCH3 is 1. The number of hydrogen-bond acceptors (Lipinski definition) is 7. The van der Waals surface area contributed by atoms with Crippen molar-refractivity contribution in [2.75, 3.05) is 18.7 Å². The number of carbonyl (C=O) groups is 2. The average molecular weight is 505 g/mol. The van der Waals surface area contributed by atoms with Gasteiger partial charge < -0.3 is 18.9 Å². The predicted octanol–water partition coefficient (Wildman–Crippen LogP) is 4.20. The molecule has 9 heteroatoms. The Balaban J connectivity index is 1.64. The van der Waals surface area contributed by atoms with Crippen LogP contribution in [0.5, 0.6) is 11.5 Å². The van der Waals surface area contributed by atoms with E-state index in [4.69, 9.17) is 18.9 Å². The molecule has 0 aliphatic carbocycles. The molecule has 3 heterocycles. The van der Waals surface area contributed by atoms with Gasteiger partial charge >= 0.3 is 12.1 Å². The molecule has 37 heavy (non-hydrogen) atoms. The molecule has 1 amide bonds. The average Bonchev–Trinajstić information content (AvgIpc) is 3.35. The van der Waals surface area contributed by atoms with Crippen LogP contribution in [0.2, 0.25) is 0 Å². The number of esters is 1. The first-order valence-corrected chi connectivity index (χ1v) is 12.0. The SMILES string of the molecule is COC(=O)c1cn2c(cc1=O)-c1c(cc(OCc3ccccc3)c3c1CCO3)CN2C(=O)OC(C)(C)C. The number of ether oxygens (including phenoxy) is 4. The molecule has 0 unspecified atom stereocenters. The van der Waals surface area contributed by atoms with Gasteiger partial charge in [-0.15, -0.1) is 0 Å². The molecule has 0 spiro atoms. The second-order valence-electron chi connectivity index (χ2n) is 9.90. The largest absolute Gasteiger partial charge is 0.489 e. The van der Waals surface area contributed by atoms with Crippen LogP contribution in [0.1, 0.15) is 47.8 Å². The van der Waals surface area contributed by atoms with Crippen molar-refractivity contribution in [2.45, 2.75) is 45.9 Å². The number of benzene rings is 2. The molecule has 2 aliphatic rings. The molecule has 5 rings (SSSR count). The normalized spacial score (nSPS) is 13.7. The Bertz CT molecular complexity index is 1440. The highest BCUT2D eigenvalue weighted by Crippen LogP contribution is 2.46. The number of aromatic nitrogens is 1. The van der Waals surface area contributed by atoms with Crippen LogP contribution in [0, 0.1) is 0 Å². The summed E-state index contributed by atoms with van der Waals surface area (Å²) >= 11 is 0. The van der Waals surface area contributed by atoms with E-state index in [1.54, 1.807) is 20.8 Å². The molecular formula is C28H28N2O7. The maximum absolute atomic E-state index is 13.3. The second kappa shape index (κ2) is 9.31. The minimum absolute atomic E-state index is 0.135. The third kappa shape index (κ3) is 4.64. The van der Waals surface area contributed by atoms with E-state index in [2.05, 4.69) is 0 Å². The van der Waals surface area contributed by atoms with E-state index in [0.717, 1.165) is 22.3 Å². The lowest BCUT2D eigenvalue weighted by atomic mass is 9.93. The number of rotatable bonds is 4. The molecule has 2 aromatic carbocycles. The Morgan fingerprint density at radius 2 is 1.86 bits per heavy atom. The van der Waals surface area contributed by atoms with Gasteiger partial charge in [0.05, 0.1) is 26.0 Å². The quantitative estimate of drug-likeness (QED) is 0.491. The van der Waals surface area contributed by atoms with E-state index in [1.165, 1.54) is 29.1 Å². The summed E-state index contributed by atoms with van der Waals surface area (Å²) in [7, 11) is 1.20. The minimum Gasteiger partial charge on any atom is -0.489 e. The third-order valence-electron chi connectivity index (χ3n) is 6.14. The number of hydrogen-bond donors (Lipinski definition) is 0. The number of pyridine rings is 1. The molecule has 0 radical (unpaired) electrons. The molecule has 2 aliphatic heterocycles. The molecule has 3 aromatic rings. The molecule has 0 N–H and O–H groups in total. The van der Waals surface area contributed by atoms with Crippen LogP contribution in [0.4, 0.5) is 4.79 Å². The van der Waals surface area contributed by atoms with Crippen molar-refractivity contribution in [3.63, 3.8) is 0 Å². The first-order valence-electron chi connectivity index (χ1n) is 12.0. The molecule has 0 fully saturated rings. The first kappa shape index (κ1) is 24.4. The van der Waals surface area contributed by atoms with Gasteiger partial charge in [0.2, 0.25) is 0 Å². The molecule has 192 valence electrons. The van der Waals surface area contributed by atoms with Gasteiger partial charge in [0.15, 0.2) is 16.9 Å². The van der Waals surface area contributed by atoms with Crippen LogP contribution in [-0.4, -0.2) is 36.1 Å². The topological polar surface area (TPSA) is 96.3 Å². The Kier molecular flexibility index (Phi) is 6.15. The van der Waals surface area contributed by atoms with Crippen LogP contribution in [0.15, 0.2) is 53.5 Å². The molecule has 0 bridgehead atoms. The van der Waals surface area contributed by atoms with E-state index in [-0.39, 0.29) is 12.1 Å². The molecule has 0 atom stereocenters. The fourth-order valence-electron chi connectivity index (χ4n) is 4.57. The zero-order chi connectivity index (χ0) is 26.3. The lowest BCUT2D eigenvalue weighted by molar-refractivity contribution is 0.0527. The van der Waals surface area contributed by atoms with Crippen molar-refractivity contribution in [1.82, 2.24) is 4.68 Å². The maximum atomic E-state index is 13.3. The zero-order valence-corrected chi connectivity index (χ0v) is 21.2. The molecular weight excluding hydrogens is 476 g/mol. The summed E-state index contributed by atoms with van der Waals surface area (Å²) in [5.74, 6) is 0.408. The van der Waals surface area contributed by atoms with Gasteiger partial charge in [-0.2, -0.15) is 0 Å². The van der Waals surface area contributed by atoms with Gasteiger partial charge in [0, 0.05) is 29.8 Å². The van der Waals surface area contributed by atoms with Crippen molar-refractivity contribution in [3.8, 4) is 22.8 Å². The van der Waals surface area contributed by atoms with E-state index in [0.29, 0.717) is 36.8 Å². The fourth-order valence-corrected chi connectivity index (χ4v) is 4.57. The molecule has 9 nitrogen and oxygen atoms in total. The van der Waals surface area contributed by atoms with E-state index < -0.39 is 23.1 Å². The lowest BCUT2D eigenvalue weighted by Crippen LogP contribution is -2.46. The van der Waals surface area contributed by atoms with Gasteiger partial charge in [-0.05, 0) is 38.0 Å². The van der Waals surface area contributed by atoms with Crippen LogP contribution in [-0.2, 0) is 29.0 Å². The summed E-state index contributed by atoms with van der Waals surface area (Å²) in [6.07, 6.45) is 1.32. The predicted molar refractivity (Wildman–Crippen MR) is 136 cm³/mol. The Morgan fingerprint density at radius 1 is 1.11 bits per heavy atom. The zero-order valence-electron chi connectivity index (χ0n) is 21.2. The Labute approximate surface area is 214 Å². The van der Waals surface area contributed by atoms with Gasteiger partial charge in [0.1, 0.15) is 17.8 Å². The highest BCUT2D eigenvalue weighted by molar-refractivity contribution is 5.91. The van der Waals surface area contributed by atoms with Gasteiger partial charge in [0.25, 0.3) is 0 Å². The number of carbonyl (C=O) groups excluding carboxylic acids is 2. The standard InChI is InChI=1S/C28H28N2O7/c1-28(2,3)37-27(33)30-14-18-12-23(36-16-17-8-6-5-7-9-17)25-19(10-11-35-25)24(18)21-13-22(31)20(15-29(21)30)26(32)34-4/h5-9,12-13,15H,10-11,14,16H2,1-4H3. The van der Waals surface area contributed by atoms with E-state index in [9.17, 15) is 14.4 Å². The van der Waals surface area contributed by atoms with Gasteiger partial charge in [-0.25, -0.2) is 14.6 Å². The summed E-state index contributed by atoms with van der Waals surface area (Å²) in [4.78, 5) is 38.5. The van der Waals surface area contributed by atoms with Gasteiger partial charge in [-0.1, -0.05) is 30.3 Å². The Hall–Kier alpha value is -4.27. The van der Waals surface area contributed by atoms with Crippen molar-refractivity contribution >= 4 is 12.1 Å².